The van der Waals surface area contributed by atoms with Crippen LogP contribution in [0.3, 0.4) is 0 Å². The summed E-state index contributed by atoms with van der Waals surface area (Å²) in [5, 5.41) is 2.90. The number of unbranched alkanes of at least 4 members (excludes halogenated alkanes) is 3. The van der Waals surface area contributed by atoms with Crippen molar-refractivity contribution in [3.8, 4) is 5.75 Å². The average molecular weight is 542 g/mol. The van der Waals surface area contributed by atoms with Crippen molar-refractivity contribution in [3.05, 3.63) is 101 Å². The maximum Gasteiger partial charge on any atom is 0.232 e. The molecule has 0 saturated heterocycles. The topological polar surface area (TPSA) is 38.3 Å². The Morgan fingerprint density at radius 3 is 2.41 bits per heavy atom. The lowest BCUT2D eigenvalue weighted by Gasteiger charge is -2.17. The third-order valence-corrected chi connectivity index (χ3v) is 8.84. The number of hydrogen-bond donors (Lipinski definition) is 1. The van der Waals surface area contributed by atoms with E-state index in [1.807, 2.05) is 0 Å². The standard InChI is InChI=1S/C35H43NO2S/c1-3-4-20-33(35(37)36-2)39-26-12-6-11-25-38-30-23-21-29(22-24-30)34-31-18-10-9-16-28(31)17-13-19-32(34)27-14-7-5-8-15-27/h5,7-10,14-16,18,21-24,33H,3-4,6,11-13,17,19-20,25-26H2,1-2H3,(H,36,37). The lowest BCUT2D eigenvalue weighted by molar-refractivity contribution is -0.120. The summed E-state index contributed by atoms with van der Waals surface area (Å²) in [5.74, 6) is 2.12. The maximum atomic E-state index is 12.1. The number of nitrogens with one attached hydrogen (secondary N) is 1. The lowest BCUT2D eigenvalue weighted by Crippen LogP contribution is -2.29. The predicted molar refractivity (Wildman–Crippen MR) is 167 cm³/mol. The van der Waals surface area contributed by atoms with E-state index in [4.69, 9.17) is 4.74 Å². The molecule has 0 radical (unpaired) electrons. The molecular formula is C35H43NO2S. The number of fused-ring (bicyclic) bond motifs is 1. The molecule has 39 heavy (non-hydrogen) atoms. The van der Waals surface area contributed by atoms with Gasteiger partial charge in [-0.1, -0.05) is 86.5 Å². The first-order chi connectivity index (χ1) is 19.2. The molecule has 0 bridgehead atoms. The number of thioether (sulfide) groups is 1. The summed E-state index contributed by atoms with van der Waals surface area (Å²) >= 11 is 1.80. The summed E-state index contributed by atoms with van der Waals surface area (Å²) in [6.07, 6.45) is 9.81. The van der Waals surface area contributed by atoms with Gasteiger partial charge in [0.1, 0.15) is 5.75 Å². The van der Waals surface area contributed by atoms with Crippen molar-refractivity contribution in [3.63, 3.8) is 0 Å². The molecule has 3 aromatic carbocycles. The Kier molecular flexibility index (Phi) is 11.6. The van der Waals surface area contributed by atoms with Crippen molar-refractivity contribution >= 4 is 28.8 Å². The van der Waals surface area contributed by atoms with Crippen LogP contribution < -0.4 is 10.1 Å². The van der Waals surface area contributed by atoms with Crippen LogP contribution in [0.2, 0.25) is 0 Å². The minimum absolute atomic E-state index is 0.0858. The second kappa shape index (κ2) is 15.6. The first kappa shape index (κ1) is 29.0. The minimum Gasteiger partial charge on any atom is -0.494 e. The maximum absolute atomic E-state index is 12.1. The van der Waals surface area contributed by atoms with E-state index in [1.54, 1.807) is 18.8 Å². The van der Waals surface area contributed by atoms with E-state index in [0.29, 0.717) is 0 Å². The molecule has 0 aromatic heterocycles. The number of hydrogen-bond acceptors (Lipinski definition) is 3. The van der Waals surface area contributed by atoms with E-state index in [2.05, 4.69) is 91.1 Å². The first-order valence-corrected chi connectivity index (χ1v) is 15.7. The van der Waals surface area contributed by atoms with Gasteiger partial charge in [0.05, 0.1) is 11.9 Å². The molecule has 4 rings (SSSR count). The van der Waals surface area contributed by atoms with Gasteiger partial charge in [0.2, 0.25) is 5.91 Å². The van der Waals surface area contributed by atoms with Gasteiger partial charge in [-0.05, 0) is 96.2 Å². The third-order valence-electron chi connectivity index (χ3n) is 7.46. The Balaban J connectivity index is 1.34. The summed E-state index contributed by atoms with van der Waals surface area (Å²) < 4.78 is 6.10. The van der Waals surface area contributed by atoms with Gasteiger partial charge in [0.15, 0.2) is 0 Å². The summed E-state index contributed by atoms with van der Waals surface area (Å²) in [7, 11) is 1.74. The van der Waals surface area contributed by atoms with Gasteiger partial charge in [-0.15, -0.1) is 11.8 Å². The van der Waals surface area contributed by atoms with E-state index in [9.17, 15) is 4.79 Å². The highest BCUT2D eigenvalue weighted by Gasteiger charge is 2.20. The van der Waals surface area contributed by atoms with Crippen molar-refractivity contribution in [1.82, 2.24) is 5.32 Å². The summed E-state index contributed by atoms with van der Waals surface area (Å²) in [4.78, 5) is 12.1. The van der Waals surface area contributed by atoms with E-state index >= 15 is 0 Å². The quantitative estimate of drug-likeness (QED) is 0.208. The SMILES string of the molecule is CCCCC(SCCCCCOc1ccc(C2=C(c3ccccc3)CCCc3ccccc32)cc1)C(=O)NC. The molecule has 4 heteroatoms. The molecule has 1 unspecified atom stereocenters. The highest BCUT2D eigenvalue weighted by atomic mass is 32.2. The smallest absolute Gasteiger partial charge is 0.232 e. The zero-order chi connectivity index (χ0) is 27.3. The number of ether oxygens (including phenoxy) is 1. The van der Waals surface area contributed by atoms with Crippen molar-refractivity contribution in [2.75, 3.05) is 19.4 Å². The van der Waals surface area contributed by atoms with Crippen LogP contribution >= 0.6 is 11.8 Å². The largest absolute Gasteiger partial charge is 0.494 e. The fraction of sp³-hybridized carbons (Fsp3) is 0.400. The fourth-order valence-corrected chi connectivity index (χ4v) is 6.60. The van der Waals surface area contributed by atoms with Gasteiger partial charge in [0, 0.05) is 7.05 Å². The molecule has 0 spiro atoms. The summed E-state index contributed by atoms with van der Waals surface area (Å²) in [6, 6.07) is 28.4. The van der Waals surface area contributed by atoms with E-state index in [1.165, 1.54) is 33.4 Å². The van der Waals surface area contributed by atoms with Crippen molar-refractivity contribution in [2.45, 2.75) is 70.0 Å². The highest BCUT2D eigenvalue weighted by Crippen LogP contribution is 2.40. The van der Waals surface area contributed by atoms with Crippen LogP contribution in [-0.2, 0) is 11.2 Å². The Labute approximate surface area is 239 Å². The second-order valence-corrected chi connectivity index (χ2v) is 11.6. The zero-order valence-corrected chi connectivity index (χ0v) is 24.4. The molecule has 3 nitrogen and oxygen atoms in total. The van der Waals surface area contributed by atoms with Crippen molar-refractivity contribution in [1.29, 1.82) is 0 Å². The second-order valence-electron chi connectivity index (χ2n) is 10.3. The van der Waals surface area contributed by atoms with Gasteiger partial charge in [0.25, 0.3) is 0 Å². The fourth-order valence-electron chi connectivity index (χ4n) is 5.34. The molecular weight excluding hydrogens is 498 g/mol. The zero-order valence-electron chi connectivity index (χ0n) is 23.6. The number of carbonyl (C=O) groups is 1. The third kappa shape index (κ3) is 8.25. The van der Waals surface area contributed by atoms with E-state index in [0.717, 1.165) is 75.9 Å². The minimum atomic E-state index is 0.0858. The molecule has 0 saturated carbocycles. The van der Waals surface area contributed by atoms with Crippen molar-refractivity contribution in [2.24, 2.45) is 0 Å². The lowest BCUT2D eigenvalue weighted by atomic mass is 9.88. The van der Waals surface area contributed by atoms with Crippen LogP contribution in [0.25, 0.3) is 11.1 Å². The van der Waals surface area contributed by atoms with E-state index in [-0.39, 0.29) is 11.2 Å². The van der Waals surface area contributed by atoms with Crippen LogP contribution in [0.4, 0.5) is 0 Å². The van der Waals surface area contributed by atoms with Gasteiger partial charge in [-0.3, -0.25) is 4.79 Å². The molecule has 1 atom stereocenters. The molecule has 1 aliphatic carbocycles. The van der Waals surface area contributed by atoms with Crippen LogP contribution in [-0.4, -0.2) is 30.6 Å². The monoisotopic (exact) mass is 541 g/mol. The number of carbonyl (C=O) groups excluding carboxylic acids is 1. The van der Waals surface area contributed by atoms with E-state index < -0.39 is 0 Å². The van der Waals surface area contributed by atoms with Crippen LogP contribution in [0.15, 0.2) is 78.9 Å². The molecule has 0 aliphatic heterocycles. The average Bonchev–Trinajstić information content (AvgIpc) is 3.18. The molecule has 0 fully saturated rings. The number of aryl methyl sites for hydroxylation is 1. The van der Waals surface area contributed by atoms with Gasteiger partial charge in [-0.2, -0.15) is 0 Å². The Morgan fingerprint density at radius 1 is 0.872 bits per heavy atom. The summed E-state index contributed by atoms with van der Waals surface area (Å²) in [5.41, 5.74) is 8.14. The molecule has 1 aliphatic rings. The van der Waals surface area contributed by atoms with Crippen LogP contribution in [0.5, 0.6) is 5.75 Å². The Morgan fingerprint density at radius 2 is 1.64 bits per heavy atom. The molecule has 3 aromatic rings. The summed E-state index contributed by atoms with van der Waals surface area (Å²) in [6.45, 7) is 2.90. The van der Waals surface area contributed by atoms with Gasteiger partial charge in [-0.25, -0.2) is 0 Å². The van der Waals surface area contributed by atoms with Gasteiger partial charge >= 0.3 is 0 Å². The first-order valence-electron chi connectivity index (χ1n) is 14.6. The van der Waals surface area contributed by atoms with Crippen LogP contribution in [0, 0.1) is 0 Å². The number of allylic oxidation sites excluding steroid dienone is 1. The Hall–Kier alpha value is -2.98. The molecule has 1 N–H and O–H groups in total. The molecule has 1 amide bonds. The highest BCUT2D eigenvalue weighted by molar-refractivity contribution is 8.00. The molecule has 0 heterocycles. The van der Waals surface area contributed by atoms with Crippen molar-refractivity contribution < 1.29 is 9.53 Å². The normalized spacial score (nSPS) is 13.9. The predicted octanol–water partition coefficient (Wildman–Crippen LogP) is 8.57. The number of rotatable bonds is 14. The van der Waals surface area contributed by atoms with Crippen LogP contribution in [0.1, 0.15) is 80.5 Å². The number of benzene rings is 3. The molecule has 206 valence electrons. The Bertz CT molecular complexity index is 1200. The van der Waals surface area contributed by atoms with Gasteiger partial charge < -0.3 is 10.1 Å². The number of amides is 1.